The Balaban J connectivity index is 1.72. The third-order valence-electron chi connectivity index (χ3n) is 4.60. The van der Waals surface area contributed by atoms with Gasteiger partial charge in [0.25, 0.3) is 11.8 Å². The maximum Gasteiger partial charge on any atom is 0.262 e. The number of benzene rings is 1. The molecule has 3 amide bonds. The highest BCUT2D eigenvalue weighted by atomic mass is 16.2. The van der Waals surface area contributed by atoms with Crippen molar-refractivity contribution in [3.63, 3.8) is 0 Å². The van der Waals surface area contributed by atoms with Gasteiger partial charge in [-0.1, -0.05) is 11.6 Å². The summed E-state index contributed by atoms with van der Waals surface area (Å²) in [6, 6.07) is 5.44. The summed E-state index contributed by atoms with van der Waals surface area (Å²) in [5.74, 6) is -0.916. The lowest BCUT2D eigenvalue weighted by Gasteiger charge is -2.33. The van der Waals surface area contributed by atoms with Gasteiger partial charge < -0.3 is 10.2 Å². The molecule has 1 saturated heterocycles. The average molecular weight is 315 g/mol. The van der Waals surface area contributed by atoms with E-state index in [0.717, 1.165) is 23.3 Å². The number of imide groups is 1. The van der Waals surface area contributed by atoms with Crippen LogP contribution >= 0.6 is 0 Å². The lowest BCUT2D eigenvalue weighted by molar-refractivity contribution is -0.132. The number of carbonyl (C=O) groups is 3. The zero-order valence-corrected chi connectivity index (χ0v) is 13.5. The predicted octanol–water partition coefficient (Wildman–Crippen LogP) is 0.801. The summed E-state index contributed by atoms with van der Waals surface area (Å²) in [7, 11) is 1.88. The number of hydrogen-bond acceptors (Lipinski definition) is 4. The summed E-state index contributed by atoms with van der Waals surface area (Å²) < 4.78 is 0. The van der Waals surface area contributed by atoms with Crippen molar-refractivity contribution in [2.24, 2.45) is 0 Å². The van der Waals surface area contributed by atoms with Gasteiger partial charge in [0.2, 0.25) is 5.91 Å². The van der Waals surface area contributed by atoms with Crippen LogP contribution in [-0.2, 0) is 4.79 Å². The van der Waals surface area contributed by atoms with Crippen LogP contribution in [0.2, 0.25) is 0 Å². The lowest BCUT2D eigenvalue weighted by Crippen LogP contribution is -2.50. The summed E-state index contributed by atoms with van der Waals surface area (Å²) in [4.78, 5) is 40.1. The second-order valence-corrected chi connectivity index (χ2v) is 6.21. The van der Waals surface area contributed by atoms with Gasteiger partial charge >= 0.3 is 0 Å². The molecular formula is C17H21N3O3. The number of piperidine rings is 1. The van der Waals surface area contributed by atoms with Crippen molar-refractivity contribution in [1.29, 1.82) is 0 Å². The molecule has 23 heavy (non-hydrogen) atoms. The molecule has 1 atom stereocenters. The van der Waals surface area contributed by atoms with Crippen LogP contribution in [0.5, 0.6) is 0 Å². The molecule has 0 aliphatic carbocycles. The van der Waals surface area contributed by atoms with E-state index in [1.807, 2.05) is 14.0 Å². The van der Waals surface area contributed by atoms with Crippen LogP contribution in [0, 0.1) is 6.92 Å². The number of likely N-dealkylation sites (tertiary alicyclic amines) is 1. The topological polar surface area (TPSA) is 69.7 Å². The number of nitrogens with one attached hydrogen (secondary N) is 1. The Morgan fingerprint density at radius 2 is 2.00 bits per heavy atom. The van der Waals surface area contributed by atoms with E-state index < -0.39 is 0 Å². The highest BCUT2D eigenvalue weighted by Gasteiger charge is 2.37. The van der Waals surface area contributed by atoms with E-state index in [-0.39, 0.29) is 30.3 Å². The third-order valence-corrected chi connectivity index (χ3v) is 4.60. The molecule has 6 nitrogen and oxygen atoms in total. The molecule has 3 rings (SSSR count). The maximum atomic E-state index is 12.5. The van der Waals surface area contributed by atoms with Gasteiger partial charge in [-0.2, -0.15) is 0 Å². The second kappa shape index (κ2) is 6.12. The smallest absolute Gasteiger partial charge is 0.262 e. The van der Waals surface area contributed by atoms with Crippen LogP contribution in [-0.4, -0.2) is 60.2 Å². The Labute approximate surface area is 135 Å². The van der Waals surface area contributed by atoms with Crippen LogP contribution in [0.4, 0.5) is 0 Å². The normalized spacial score (nSPS) is 20.9. The van der Waals surface area contributed by atoms with Crippen molar-refractivity contribution >= 4 is 17.7 Å². The van der Waals surface area contributed by atoms with Crippen molar-refractivity contribution in [2.45, 2.75) is 25.8 Å². The van der Waals surface area contributed by atoms with Gasteiger partial charge in [-0.3, -0.25) is 19.3 Å². The quantitative estimate of drug-likeness (QED) is 0.838. The van der Waals surface area contributed by atoms with E-state index in [2.05, 4.69) is 5.32 Å². The molecule has 1 unspecified atom stereocenters. The van der Waals surface area contributed by atoms with E-state index in [0.29, 0.717) is 24.2 Å². The predicted molar refractivity (Wildman–Crippen MR) is 85.2 cm³/mol. The fraction of sp³-hybridized carbons (Fsp3) is 0.471. The molecule has 0 aromatic heterocycles. The number of rotatable bonds is 3. The van der Waals surface area contributed by atoms with Crippen LogP contribution in [0.1, 0.15) is 39.1 Å². The second-order valence-electron chi connectivity index (χ2n) is 6.21. The molecule has 0 radical (unpaired) electrons. The molecule has 2 aliphatic rings. The molecule has 1 aromatic carbocycles. The molecule has 0 spiro atoms. The van der Waals surface area contributed by atoms with Crippen LogP contribution in [0.3, 0.4) is 0 Å². The lowest BCUT2D eigenvalue weighted by atomic mass is 10.1. The van der Waals surface area contributed by atoms with Gasteiger partial charge in [0.1, 0.15) is 6.54 Å². The van der Waals surface area contributed by atoms with Crippen molar-refractivity contribution < 1.29 is 14.4 Å². The van der Waals surface area contributed by atoms with Gasteiger partial charge in [-0.05, 0) is 38.9 Å². The molecule has 2 aliphatic heterocycles. The Bertz CT molecular complexity index is 671. The summed E-state index contributed by atoms with van der Waals surface area (Å²) in [6.07, 6.45) is 1.96. The molecule has 0 saturated carbocycles. The standard InChI is InChI=1S/C17H21N3O3/c1-11-5-6-13-14(8-11)17(23)20(16(13)22)10-15(21)19-7-3-4-12(9-19)18-2/h5-6,8,12,18H,3-4,7,9-10H2,1-2H3. The zero-order valence-electron chi connectivity index (χ0n) is 13.5. The first-order valence-corrected chi connectivity index (χ1v) is 7.93. The van der Waals surface area contributed by atoms with Crippen molar-refractivity contribution in [3.05, 3.63) is 34.9 Å². The Kier molecular flexibility index (Phi) is 4.17. The number of hydrogen-bond donors (Lipinski definition) is 1. The number of aryl methyl sites for hydroxylation is 1. The fourth-order valence-corrected chi connectivity index (χ4v) is 3.22. The van der Waals surface area contributed by atoms with E-state index in [9.17, 15) is 14.4 Å². The summed E-state index contributed by atoms with van der Waals surface area (Å²) in [5.41, 5.74) is 1.71. The van der Waals surface area contributed by atoms with E-state index in [1.165, 1.54) is 0 Å². The monoisotopic (exact) mass is 315 g/mol. The van der Waals surface area contributed by atoms with E-state index in [1.54, 1.807) is 23.1 Å². The summed E-state index contributed by atoms with van der Waals surface area (Å²) in [5, 5.41) is 3.18. The SMILES string of the molecule is CNC1CCCN(C(=O)CN2C(=O)c3ccc(C)cc3C2=O)C1. The van der Waals surface area contributed by atoms with Crippen molar-refractivity contribution in [3.8, 4) is 0 Å². The average Bonchev–Trinajstić information content (AvgIpc) is 2.79. The number of amides is 3. The van der Waals surface area contributed by atoms with Gasteiger partial charge in [0.05, 0.1) is 11.1 Å². The van der Waals surface area contributed by atoms with E-state index >= 15 is 0 Å². The summed E-state index contributed by atoms with van der Waals surface area (Å²) >= 11 is 0. The first-order chi connectivity index (χ1) is 11.0. The number of nitrogens with zero attached hydrogens (tertiary/aromatic N) is 2. The molecule has 0 bridgehead atoms. The maximum absolute atomic E-state index is 12.5. The third kappa shape index (κ3) is 2.86. The highest BCUT2D eigenvalue weighted by Crippen LogP contribution is 2.24. The number of carbonyl (C=O) groups excluding carboxylic acids is 3. The Hall–Kier alpha value is -2.21. The van der Waals surface area contributed by atoms with Gasteiger partial charge in [0.15, 0.2) is 0 Å². The van der Waals surface area contributed by atoms with Crippen LogP contribution in [0.25, 0.3) is 0 Å². The van der Waals surface area contributed by atoms with Crippen LogP contribution in [0.15, 0.2) is 18.2 Å². The van der Waals surface area contributed by atoms with Gasteiger partial charge in [0, 0.05) is 19.1 Å². The van der Waals surface area contributed by atoms with Crippen molar-refractivity contribution in [2.75, 3.05) is 26.7 Å². The minimum Gasteiger partial charge on any atom is -0.340 e. The van der Waals surface area contributed by atoms with E-state index in [4.69, 9.17) is 0 Å². The largest absolute Gasteiger partial charge is 0.340 e. The van der Waals surface area contributed by atoms with Crippen LogP contribution < -0.4 is 5.32 Å². The van der Waals surface area contributed by atoms with Gasteiger partial charge in [-0.25, -0.2) is 0 Å². The Morgan fingerprint density at radius 3 is 2.74 bits per heavy atom. The Morgan fingerprint density at radius 1 is 1.26 bits per heavy atom. The highest BCUT2D eigenvalue weighted by molar-refractivity contribution is 6.22. The number of fused-ring (bicyclic) bond motifs is 1. The zero-order chi connectivity index (χ0) is 16.6. The molecule has 1 aromatic rings. The van der Waals surface area contributed by atoms with Gasteiger partial charge in [-0.15, -0.1) is 0 Å². The molecule has 1 N–H and O–H groups in total. The molecule has 1 fully saturated rings. The first kappa shape index (κ1) is 15.7. The summed E-state index contributed by atoms with van der Waals surface area (Å²) in [6.45, 7) is 3.00. The molecule has 6 heteroatoms. The minimum absolute atomic E-state index is 0.170. The fourth-order valence-electron chi connectivity index (χ4n) is 3.22. The molecular weight excluding hydrogens is 294 g/mol. The first-order valence-electron chi connectivity index (χ1n) is 7.93. The molecule has 2 heterocycles. The number of likely N-dealkylation sites (N-methyl/N-ethyl adjacent to an activating group) is 1. The minimum atomic E-state index is -0.375. The molecule has 122 valence electrons. The van der Waals surface area contributed by atoms with Crippen molar-refractivity contribution in [1.82, 2.24) is 15.1 Å².